The Morgan fingerprint density at radius 1 is 1.09 bits per heavy atom. The van der Waals surface area contributed by atoms with Crippen LogP contribution in [0.3, 0.4) is 0 Å². The van der Waals surface area contributed by atoms with Gasteiger partial charge in [0.05, 0.1) is 7.11 Å². The first-order valence-electron chi connectivity index (χ1n) is 10.6. The number of aliphatic imine (C=N–C) groups is 1. The van der Waals surface area contributed by atoms with Crippen LogP contribution in [0.25, 0.3) is 10.9 Å². The molecule has 0 unspecified atom stereocenters. The van der Waals surface area contributed by atoms with Crippen LogP contribution >= 0.6 is 11.6 Å². The van der Waals surface area contributed by atoms with Crippen LogP contribution in [0, 0.1) is 6.92 Å². The van der Waals surface area contributed by atoms with Crippen LogP contribution in [0.4, 0.5) is 5.69 Å². The summed E-state index contributed by atoms with van der Waals surface area (Å²) in [5, 5.41) is 7.89. The van der Waals surface area contributed by atoms with Crippen LogP contribution in [-0.2, 0) is 6.42 Å². The van der Waals surface area contributed by atoms with Gasteiger partial charge in [0.15, 0.2) is 0 Å². The number of amides is 1. The van der Waals surface area contributed by atoms with Gasteiger partial charge >= 0.3 is 0 Å². The van der Waals surface area contributed by atoms with E-state index in [9.17, 15) is 4.79 Å². The highest BCUT2D eigenvalue weighted by Crippen LogP contribution is 2.21. The van der Waals surface area contributed by atoms with Crippen molar-refractivity contribution in [1.82, 2.24) is 10.3 Å². The van der Waals surface area contributed by atoms with Gasteiger partial charge in [0.1, 0.15) is 5.75 Å². The number of hydrogen-bond acceptors (Lipinski definition) is 3. The summed E-state index contributed by atoms with van der Waals surface area (Å²) in [4.78, 5) is 20.9. The summed E-state index contributed by atoms with van der Waals surface area (Å²) in [6.45, 7) is 2.45. The SMILES string of the molecule is COc1cccc(C(=O)NC(=NCCc2c[nH]c3ccccc23)Nc2cc(Cl)ccc2C)c1. The van der Waals surface area contributed by atoms with E-state index in [1.54, 1.807) is 31.4 Å². The van der Waals surface area contributed by atoms with Crippen molar-refractivity contribution < 1.29 is 9.53 Å². The largest absolute Gasteiger partial charge is 0.497 e. The number of para-hydroxylation sites is 1. The molecule has 0 aliphatic heterocycles. The van der Waals surface area contributed by atoms with Gasteiger partial charge < -0.3 is 15.0 Å². The molecule has 168 valence electrons. The van der Waals surface area contributed by atoms with Crippen molar-refractivity contribution in [3.05, 3.63) is 94.6 Å². The minimum Gasteiger partial charge on any atom is -0.497 e. The number of nitrogens with zero attached hydrogens (tertiary/aromatic N) is 1. The van der Waals surface area contributed by atoms with Crippen molar-refractivity contribution in [2.75, 3.05) is 19.0 Å². The molecular formula is C26H25ClN4O2. The van der Waals surface area contributed by atoms with E-state index in [1.807, 2.05) is 49.5 Å². The van der Waals surface area contributed by atoms with Gasteiger partial charge in [-0.05, 0) is 60.9 Å². The fraction of sp³-hybridized carbons (Fsp3) is 0.154. The van der Waals surface area contributed by atoms with E-state index in [0.717, 1.165) is 23.2 Å². The van der Waals surface area contributed by atoms with Crippen LogP contribution in [-0.4, -0.2) is 30.5 Å². The predicted molar refractivity (Wildman–Crippen MR) is 135 cm³/mol. The molecule has 1 aromatic heterocycles. The number of aromatic nitrogens is 1. The van der Waals surface area contributed by atoms with Gasteiger partial charge in [-0.3, -0.25) is 15.1 Å². The Hall–Kier alpha value is -3.77. The third-order valence-corrected chi connectivity index (χ3v) is 5.58. The van der Waals surface area contributed by atoms with Gasteiger partial charge in [0, 0.05) is 39.9 Å². The molecule has 0 spiro atoms. The number of guanidine groups is 1. The summed E-state index contributed by atoms with van der Waals surface area (Å²) < 4.78 is 5.23. The number of carbonyl (C=O) groups is 1. The minimum absolute atomic E-state index is 0.285. The lowest BCUT2D eigenvalue weighted by Crippen LogP contribution is -2.36. The number of hydrogen-bond donors (Lipinski definition) is 3. The molecule has 0 radical (unpaired) electrons. The maximum Gasteiger partial charge on any atom is 0.258 e. The summed E-state index contributed by atoms with van der Waals surface area (Å²) in [5.74, 6) is 0.680. The summed E-state index contributed by atoms with van der Waals surface area (Å²) >= 11 is 6.18. The standard InChI is InChI=1S/C26H25ClN4O2/c1-17-10-11-20(27)15-24(17)30-26(31-25(32)18-6-5-7-21(14-18)33-2)28-13-12-19-16-29-23-9-4-3-8-22(19)23/h3-11,14-16,29H,12-13H2,1-2H3,(H2,28,30,31,32). The highest BCUT2D eigenvalue weighted by atomic mass is 35.5. The maximum atomic E-state index is 12.9. The maximum absolute atomic E-state index is 12.9. The number of carbonyl (C=O) groups excluding carboxylic acids is 1. The molecule has 4 aromatic rings. The molecule has 6 nitrogen and oxygen atoms in total. The van der Waals surface area contributed by atoms with E-state index in [0.29, 0.717) is 28.8 Å². The highest BCUT2D eigenvalue weighted by molar-refractivity contribution is 6.31. The van der Waals surface area contributed by atoms with Gasteiger partial charge in [-0.25, -0.2) is 0 Å². The molecule has 0 atom stereocenters. The second kappa shape index (κ2) is 10.2. The fourth-order valence-corrected chi connectivity index (χ4v) is 3.71. The Labute approximate surface area is 197 Å². The Morgan fingerprint density at radius 3 is 2.79 bits per heavy atom. The smallest absolute Gasteiger partial charge is 0.258 e. The molecule has 1 heterocycles. The first-order valence-corrected chi connectivity index (χ1v) is 11.0. The second-order valence-electron chi connectivity index (χ2n) is 7.61. The molecule has 4 rings (SSSR count). The van der Waals surface area contributed by atoms with Gasteiger partial charge in [-0.1, -0.05) is 41.9 Å². The van der Waals surface area contributed by atoms with Crippen LogP contribution in [0.5, 0.6) is 5.75 Å². The van der Waals surface area contributed by atoms with Gasteiger partial charge in [0.25, 0.3) is 5.91 Å². The number of halogens is 1. The number of benzene rings is 3. The number of aromatic amines is 1. The third kappa shape index (κ3) is 5.54. The van der Waals surface area contributed by atoms with E-state index < -0.39 is 0 Å². The number of ether oxygens (including phenoxy) is 1. The van der Waals surface area contributed by atoms with E-state index >= 15 is 0 Å². The number of nitrogens with one attached hydrogen (secondary N) is 3. The third-order valence-electron chi connectivity index (χ3n) is 5.34. The number of rotatable bonds is 6. The number of anilines is 1. The number of H-pyrrole nitrogens is 1. The van der Waals surface area contributed by atoms with E-state index in [-0.39, 0.29) is 5.91 Å². The molecule has 1 amide bonds. The molecule has 0 fully saturated rings. The number of aryl methyl sites for hydroxylation is 1. The lowest BCUT2D eigenvalue weighted by atomic mass is 10.1. The number of methoxy groups -OCH3 is 1. The molecule has 7 heteroatoms. The number of fused-ring (bicyclic) bond motifs is 1. The van der Waals surface area contributed by atoms with Gasteiger partial charge in [0.2, 0.25) is 5.96 Å². The fourth-order valence-electron chi connectivity index (χ4n) is 3.54. The Bertz CT molecular complexity index is 1310. The summed E-state index contributed by atoms with van der Waals surface area (Å²) in [5.41, 5.74) is 4.50. The molecule has 33 heavy (non-hydrogen) atoms. The molecule has 0 bridgehead atoms. The zero-order valence-corrected chi connectivity index (χ0v) is 19.2. The molecule has 3 aromatic carbocycles. The van der Waals surface area contributed by atoms with Crippen LogP contribution < -0.4 is 15.4 Å². The molecule has 0 aliphatic carbocycles. The van der Waals surface area contributed by atoms with Crippen molar-refractivity contribution in [3.63, 3.8) is 0 Å². The molecule has 3 N–H and O–H groups in total. The summed E-state index contributed by atoms with van der Waals surface area (Å²) in [7, 11) is 1.57. The molecule has 0 aliphatic rings. The Kier molecular flexibility index (Phi) is 6.95. The van der Waals surface area contributed by atoms with Crippen molar-refractivity contribution in [2.24, 2.45) is 4.99 Å². The first-order chi connectivity index (χ1) is 16.0. The van der Waals surface area contributed by atoms with E-state index in [1.165, 1.54) is 10.9 Å². The van der Waals surface area contributed by atoms with Gasteiger partial charge in [-0.15, -0.1) is 0 Å². The molecule has 0 saturated heterocycles. The second-order valence-corrected chi connectivity index (χ2v) is 8.05. The normalized spacial score (nSPS) is 11.4. The Balaban J connectivity index is 1.55. The molecular weight excluding hydrogens is 436 g/mol. The lowest BCUT2D eigenvalue weighted by Gasteiger charge is -2.14. The van der Waals surface area contributed by atoms with E-state index in [4.69, 9.17) is 16.3 Å². The quantitative estimate of drug-likeness (QED) is 0.259. The predicted octanol–water partition coefficient (Wildman–Crippen LogP) is 5.58. The van der Waals surface area contributed by atoms with Crippen molar-refractivity contribution in [1.29, 1.82) is 0 Å². The monoisotopic (exact) mass is 460 g/mol. The zero-order chi connectivity index (χ0) is 23.2. The first kappa shape index (κ1) is 22.4. The highest BCUT2D eigenvalue weighted by Gasteiger charge is 2.12. The van der Waals surface area contributed by atoms with Crippen molar-refractivity contribution in [2.45, 2.75) is 13.3 Å². The Morgan fingerprint density at radius 2 is 1.94 bits per heavy atom. The van der Waals surface area contributed by atoms with Gasteiger partial charge in [-0.2, -0.15) is 0 Å². The minimum atomic E-state index is -0.285. The molecule has 0 saturated carbocycles. The zero-order valence-electron chi connectivity index (χ0n) is 18.5. The lowest BCUT2D eigenvalue weighted by molar-refractivity contribution is 0.0976. The summed E-state index contributed by atoms with van der Waals surface area (Å²) in [6.07, 6.45) is 2.72. The average Bonchev–Trinajstić information content (AvgIpc) is 3.24. The topological polar surface area (TPSA) is 78.5 Å². The van der Waals surface area contributed by atoms with Crippen LogP contribution in [0.1, 0.15) is 21.5 Å². The van der Waals surface area contributed by atoms with Crippen LogP contribution in [0.2, 0.25) is 5.02 Å². The van der Waals surface area contributed by atoms with Crippen molar-refractivity contribution >= 4 is 40.1 Å². The van der Waals surface area contributed by atoms with Crippen molar-refractivity contribution in [3.8, 4) is 5.75 Å². The van der Waals surface area contributed by atoms with Crippen LogP contribution in [0.15, 0.2) is 77.9 Å². The average molecular weight is 461 g/mol. The van der Waals surface area contributed by atoms with E-state index in [2.05, 4.69) is 26.7 Å². The summed E-state index contributed by atoms with van der Waals surface area (Å²) in [6, 6.07) is 20.7.